The van der Waals surface area contributed by atoms with Gasteiger partial charge in [0.1, 0.15) is 10.6 Å². The molecule has 1 heterocycles. The summed E-state index contributed by atoms with van der Waals surface area (Å²) in [5.74, 6) is 0.770. The van der Waals surface area contributed by atoms with Crippen LogP contribution in [0.3, 0.4) is 0 Å². The van der Waals surface area contributed by atoms with E-state index in [9.17, 15) is 8.42 Å². The predicted molar refractivity (Wildman–Crippen MR) is 110 cm³/mol. The van der Waals surface area contributed by atoms with Gasteiger partial charge in [-0.25, -0.2) is 13.1 Å². The van der Waals surface area contributed by atoms with Gasteiger partial charge < -0.3 is 4.74 Å². The minimum absolute atomic E-state index is 0.298. The normalized spacial score (nSPS) is 15.9. The Bertz CT molecular complexity index is 907. The van der Waals surface area contributed by atoms with Crippen molar-refractivity contribution in [3.8, 4) is 5.75 Å². The molecule has 1 N–H and O–H groups in total. The van der Waals surface area contributed by atoms with Gasteiger partial charge in [0.25, 0.3) is 0 Å². The second-order valence-corrected chi connectivity index (χ2v) is 10.2. The standard InChI is InChI=1S/C21H31N3O3S/c1-21(2,3)20-19(15-24(23-20)17-10-6-7-11-17)28(25,26)22-14-13-16-9-5-8-12-18(16)27-4/h5,8-9,12,15,17,22H,6-7,10-11,13-14H2,1-4H3. The Hall–Kier alpha value is -1.86. The summed E-state index contributed by atoms with van der Waals surface area (Å²) in [6.45, 7) is 6.31. The van der Waals surface area contributed by atoms with Crippen molar-refractivity contribution in [3.05, 3.63) is 41.7 Å². The molecule has 1 saturated carbocycles. The second kappa shape index (κ2) is 8.25. The summed E-state index contributed by atoms with van der Waals surface area (Å²) < 4.78 is 36.1. The van der Waals surface area contributed by atoms with Crippen LogP contribution in [0, 0.1) is 0 Å². The van der Waals surface area contributed by atoms with E-state index in [0.717, 1.165) is 24.2 Å². The van der Waals surface area contributed by atoms with Gasteiger partial charge in [0.2, 0.25) is 10.0 Å². The van der Waals surface area contributed by atoms with Gasteiger partial charge in [0.15, 0.2) is 0 Å². The van der Waals surface area contributed by atoms with E-state index in [1.54, 1.807) is 13.3 Å². The molecular formula is C21H31N3O3S. The summed E-state index contributed by atoms with van der Waals surface area (Å²) in [4.78, 5) is 0.298. The first-order valence-electron chi connectivity index (χ1n) is 9.93. The zero-order valence-corrected chi connectivity index (χ0v) is 18.1. The molecule has 0 spiro atoms. The highest BCUT2D eigenvalue weighted by Gasteiger charge is 2.31. The highest BCUT2D eigenvalue weighted by atomic mass is 32.2. The van der Waals surface area contributed by atoms with Crippen molar-refractivity contribution in [1.82, 2.24) is 14.5 Å². The Morgan fingerprint density at radius 2 is 1.89 bits per heavy atom. The summed E-state index contributed by atoms with van der Waals surface area (Å²) in [5.41, 5.74) is 1.26. The topological polar surface area (TPSA) is 73.2 Å². The SMILES string of the molecule is COc1ccccc1CCNS(=O)(=O)c1cn(C2CCCC2)nc1C(C)(C)C. The van der Waals surface area contributed by atoms with Crippen LogP contribution in [-0.4, -0.2) is 31.9 Å². The molecule has 154 valence electrons. The van der Waals surface area contributed by atoms with Crippen molar-refractivity contribution in [2.45, 2.75) is 69.2 Å². The molecule has 1 fully saturated rings. The molecule has 7 heteroatoms. The van der Waals surface area contributed by atoms with Crippen molar-refractivity contribution in [3.63, 3.8) is 0 Å². The maximum Gasteiger partial charge on any atom is 0.244 e. The first-order valence-corrected chi connectivity index (χ1v) is 11.4. The molecule has 0 radical (unpaired) electrons. The molecule has 1 aliphatic carbocycles. The molecule has 3 rings (SSSR count). The van der Waals surface area contributed by atoms with Gasteiger partial charge in [-0.3, -0.25) is 4.68 Å². The van der Waals surface area contributed by atoms with Crippen molar-refractivity contribution in [2.24, 2.45) is 0 Å². The molecule has 0 bridgehead atoms. The third-order valence-electron chi connectivity index (χ3n) is 5.28. The van der Waals surface area contributed by atoms with Crippen LogP contribution in [0.4, 0.5) is 0 Å². The van der Waals surface area contributed by atoms with E-state index in [1.807, 2.05) is 49.7 Å². The average molecular weight is 406 g/mol. The zero-order valence-electron chi connectivity index (χ0n) is 17.2. The number of hydrogen-bond donors (Lipinski definition) is 1. The largest absolute Gasteiger partial charge is 0.496 e. The summed E-state index contributed by atoms with van der Waals surface area (Å²) >= 11 is 0. The predicted octanol–water partition coefficient (Wildman–Crippen LogP) is 3.83. The number of nitrogens with zero attached hydrogens (tertiary/aromatic N) is 2. The van der Waals surface area contributed by atoms with Crippen molar-refractivity contribution < 1.29 is 13.2 Å². The van der Waals surface area contributed by atoms with Crippen LogP contribution >= 0.6 is 0 Å². The maximum absolute atomic E-state index is 13.1. The molecule has 0 unspecified atom stereocenters. The van der Waals surface area contributed by atoms with Crippen LogP contribution in [0.25, 0.3) is 0 Å². The van der Waals surface area contributed by atoms with E-state index < -0.39 is 10.0 Å². The number of hydrogen-bond acceptors (Lipinski definition) is 4. The van der Waals surface area contributed by atoms with Crippen LogP contribution in [0.2, 0.25) is 0 Å². The number of nitrogens with one attached hydrogen (secondary N) is 1. The van der Waals surface area contributed by atoms with Crippen LogP contribution in [0.1, 0.15) is 63.8 Å². The minimum Gasteiger partial charge on any atom is -0.496 e. The molecule has 0 atom stereocenters. The van der Waals surface area contributed by atoms with E-state index in [0.29, 0.717) is 29.6 Å². The fourth-order valence-corrected chi connectivity index (χ4v) is 5.13. The van der Waals surface area contributed by atoms with Gasteiger partial charge in [-0.05, 0) is 30.9 Å². The monoisotopic (exact) mass is 405 g/mol. The number of aromatic nitrogens is 2. The van der Waals surface area contributed by atoms with Crippen LogP contribution in [0.15, 0.2) is 35.4 Å². The molecule has 1 aliphatic rings. The van der Waals surface area contributed by atoms with Crippen molar-refractivity contribution in [2.75, 3.05) is 13.7 Å². The number of benzene rings is 1. The molecular weight excluding hydrogens is 374 g/mol. The molecule has 6 nitrogen and oxygen atoms in total. The van der Waals surface area contributed by atoms with Gasteiger partial charge in [0.05, 0.1) is 18.8 Å². The van der Waals surface area contributed by atoms with Crippen molar-refractivity contribution in [1.29, 1.82) is 0 Å². The van der Waals surface area contributed by atoms with Gasteiger partial charge in [0, 0.05) is 18.2 Å². The quantitative estimate of drug-likeness (QED) is 0.760. The molecule has 28 heavy (non-hydrogen) atoms. The van der Waals surface area contributed by atoms with Crippen LogP contribution < -0.4 is 9.46 Å². The first-order chi connectivity index (χ1) is 13.2. The Morgan fingerprint density at radius 3 is 2.54 bits per heavy atom. The fourth-order valence-electron chi connectivity index (χ4n) is 3.75. The highest BCUT2D eigenvalue weighted by molar-refractivity contribution is 7.89. The summed E-state index contributed by atoms with van der Waals surface area (Å²) in [7, 11) is -2.03. The lowest BCUT2D eigenvalue weighted by Crippen LogP contribution is -2.28. The number of methoxy groups -OCH3 is 1. The Morgan fingerprint density at radius 1 is 1.21 bits per heavy atom. The number of rotatable bonds is 7. The minimum atomic E-state index is -3.65. The maximum atomic E-state index is 13.1. The third-order valence-corrected chi connectivity index (χ3v) is 6.74. The molecule has 1 aromatic carbocycles. The molecule has 0 amide bonds. The van der Waals surface area contributed by atoms with Gasteiger partial charge in [-0.1, -0.05) is 51.8 Å². The van der Waals surface area contributed by atoms with E-state index in [4.69, 9.17) is 9.84 Å². The van der Waals surface area contributed by atoms with Crippen molar-refractivity contribution >= 4 is 10.0 Å². The van der Waals surface area contributed by atoms with Gasteiger partial charge in [-0.2, -0.15) is 5.10 Å². The number of para-hydroxylation sites is 1. The third kappa shape index (κ3) is 4.58. The average Bonchev–Trinajstić information content (AvgIpc) is 3.31. The fraction of sp³-hybridized carbons (Fsp3) is 0.571. The molecule has 0 saturated heterocycles. The smallest absolute Gasteiger partial charge is 0.244 e. The van der Waals surface area contributed by atoms with Gasteiger partial charge in [-0.15, -0.1) is 0 Å². The zero-order chi connectivity index (χ0) is 20.4. The summed E-state index contributed by atoms with van der Waals surface area (Å²) in [6, 6.07) is 7.97. The lowest BCUT2D eigenvalue weighted by atomic mass is 9.92. The Kier molecular flexibility index (Phi) is 6.15. The van der Waals surface area contributed by atoms with E-state index in [1.165, 1.54) is 12.8 Å². The number of sulfonamides is 1. The lowest BCUT2D eigenvalue weighted by molar-refractivity contribution is 0.409. The second-order valence-electron chi connectivity index (χ2n) is 8.47. The molecule has 2 aromatic rings. The number of ether oxygens (including phenoxy) is 1. The van der Waals surface area contributed by atoms with E-state index in [-0.39, 0.29) is 5.41 Å². The first kappa shape index (κ1) is 20.9. The Labute approximate surface area is 168 Å². The highest BCUT2D eigenvalue weighted by Crippen LogP contribution is 2.33. The van der Waals surface area contributed by atoms with E-state index >= 15 is 0 Å². The summed E-state index contributed by atoms with van der Waals surface area (Å²) in [6.07, 6.45) is 6.76. The van der Waals surface area contributed by atoms with Gasteiger partial charge >= 0.3 is 0 Å². The van der Waals surface area contributed by atoms with Crippen LogP contribution in [-0.2, 0) is 21.9 Å². The molecule has 0 aliphatic heterocycles. The summed E-state index contributed by atoms with van der Waals surface area (Å²) in [5, 5.41) is 4.70. The van der Waals surface area contributed by atoms with E-state index in [2.05, 4.69) is 4.72 Å². The van der Waals surface area contributed by atoms with Crippen LogP contribution in [0.5, 0.6) is 5.75 Å². The lowest BCUT2D eigenvalue weighted by Gasteiger charge is -2.18. The Balaban J connectivity index is 1.80. The molecule has 1 aromatic heterocycles.